The van der Waals surface area contributed by atoms with Crippen molar-refractivity contribution in [1.29, 1.82) is 0 Å². The molecule has 0 saturated carbocycles. The summed E-state index contributed by atoms with van der Waals surface area (Å²) in [7, 11) is 6.21. The number of likely N-dealkylation sites (N-methyl/N-ethyl adjacent to an activating group) is 1. The number of carbonyl (C=O) groups excluding carboxylic acids is 1. The molecule has 1 amide bonds. The minimum atomic E-state index is -1.01. The third-order valence-corrected chi connectivity index (χ3v) is 5.39. The number of aliphatic imine (C=N–C) groups is 1. The molecule has 1 saturated heterocycles. The topological polar surface area (TPSA) is 97.7 Å². The number of amidine groups is 1. The van der Waals surface area contributed by atoms with Crippen LogP contribution in [0.15, 0.2) is 46.3 Å². The van der Waals surface area contributed by atoms with Crippen LogP contribution < -0.4 is 14.2 Å². The number of aromatic carboxylic acids is 1. The van der Waals surface area contributed by atoms with Gasteiger partial charge >= 0.3 is 5.97 Å². The highest BCUT2D eigenvalue weighted by molar-refractivity contribution is 8.18. The molecule has 1 fully saturated rings. The van der Waals surface area contributed by atoms with Gasteiger partial charge in [-0.3, -0.25) is 9.69 Å². The van der Waals surface area contributed by atoms with Crippen LogP contribution in [0.1, 0.15) is 15.9 Å². The van der Waals surface area contributed by atoms with Crippen LogP contribution >= 0.6 is 11.8 Å². The Bertz CT molecular complexity index is 1020. The van der Waals surface area contributed by atoms with E-state index in [1.807, 2.05) is 0 Å². The van der Waals surface area contributed by atoms with Gasteiger partial charge < -0.3 is 19.3 Å². The van der Waals surface area contributed by atoms with E-state index in [4.69, 9.17) is 19.3 Å². The monoisotopic (exact) mass is 428 g/mol. The average Bonchev–Trinajstić information content (AvgIpc) is 3.01. The quantitative estimate of drug-likeness (QED) is 0.702. The molecule has 1 N–H and O–H groups in total. The first kappa shape index (κ1) is 21.3. The van der Waals surface area contributed by atoms with Gasteiger partial charge in [0.15, 0.2) is 16.7 Å². The summed E-state index contributed by atoms with van der Waals surface area (Å²) < 4.78 is 16.0. The van der Waals surface area contributed by atoms with Gasteiger partial charge in [0.1, 0.15) is 0 Å². The Morgan fingerprint density at radius 2 is 1.67 bits per heavy atom. The first-order valence-electron chi connectivity index (χ1n) is 8.77. The number of benzene rings is 2. The summed E-state index contributed by atoms with van der Waals surface area (Å²) in [5.41, 5.74) is 1.43. The van der Waals surface area contributed by atoms with Crippen molar-refractivity contribution in [2.24, 2.45) is 4.99 Å². The maximum absolute atomic E-state index is 12.7. The SMILES string of the molecule is COc1cc(/C=C2/SC(=Nc3ccc(C(=O)O)cc3)N(C)C2=O)cc(OC)c1OC. The van der Waals surface area contributed by atoms with Crippen molar-refractivity contribution in [1.82, 2.24) is 4.90 Å². The highest BCUT2D eigenvalue weighted by Crippen LogP contribution is 2.40. The van der Waals surface area contributed by atoms with Crippen molar-refractivity contribution in [2.45, 2.75) is 0 Å². The summed E-state index contributed by atoms with van der Waals surface area (Å²) in [6.45, 7) is 0. The molecule has 3 rings (SSSR count). The summed E-state index contributed by atoms with van der Waals surface area (Å²) in [6, 6.07) is 9.63. The van der Waals surface area contributed by atoms with E-state index in [0.29, 0.717) is 38.6 Å². The lowest BCUT2D eigenvalue weighted by atomic mass is 10.1. The Kier molecular flexibility index (Phi) is 6.31. The summed E-state index contributed by atoms with van der Waals surface area (Å²) >= 11 is 1.22. The molecule has 0 aliphatic carbocycles. The molecule has 2 aromatic carbocycles. The van der Waals surface area contributed by atoms with E-state index in [1.54, 1.807) is 37.4 Å². The number of hydrogen-bond acceptors (Lipinski definition) is 7. The summed E-state index contributed by atoms with van der Waals surface area (Å²) in [6.07, 6.45) is 1.73. The van der Waals surface area contributed by atoms with E-state index in [2.05, 4.69) is 4.99 Å². The Hall–Kier alpha value is -3.46. The predicted octanol–water partition coefficient (Wildman–Crippen LogP) is 3.64. The number of ether oxygens (including phenoxy) is 3. The molecule has 30 heavy (non-hydrogen) atoms. The highest BCUT2D eigenvalue weighted by Gasteiger charge is 2.30. The number of rotatable bonds is 6. The fourth-order valence-electron chi connectivity index (χ4n) is 2.78. The van der Waals surface area contributed by atoms with E-state index < -0.39 is 5.97 Å². The van der Waals surface area contributed by atoms with Gasteiger partial charge in [0.25, 0.3) is 5.91 Å². The molecule has 0 bridgehead atoms. The number of hydrogen-bond donors (Lipinski definition) is 1. The van der Waals surface area contributed by atoms with E-state index in [9.17, 15) is 9.59 Å². The summed E-state index contributed by atoms with van der Waals surface area (Å²) in [4.78, 5) is 30.0. The lowest BCUT2D eigenvalue weighted by Crippen LogP contribution is -2.23. The molecule has 8 nitrogen and oxygen atoms in total. The van der Waals surface area contributed by atoms with Gasteiger partial charge in [0.2, 0.25) is 5.75 Å². The van der Waals surface area contributed by atoms with Crippen molar-refractivity contribution in [3.05, 3.63) is 52.4 Å². The number of amides is 1. The fourth-order valence-corrected chi connectivity index (χ4v) is 3.76. The Morgan fingerprint density at radius 3 is 2.17 bits per heavy atom. The summed E-state index contributed by atoms with van der Waals surface area (Å²) in [5, 5.41) is 9.48. The maximum atomic E-state index is 12.7. The van der Waals surface area contributed by atoms with Crippen molar-refractivity contribution >= 4 is 40.6 Å². The average molecular weight is 428 g/mol. The van der Waals surface area contributed by atoms with Crippen molar-refractivity contribution in [2.75, 3.05) is 28.4 Å². The van der Waals surface area contributed by atoms with Crippen molar-refractivity contribution in [3.8, 4) is 17.2 Å². The van der Waals surface area contributed by atoms with E-state index >= 15 is 0 Å². The van der Waals surface area contributed by atoms with Crippen LogP contribution in [0, 0.1) is 0 Å². The standard InChI is InChI=1S/C21H20N2O6S/c1-23-19(24)17(11-12-9-15(27-2)18(29-4)16(10-12)28-3)30-21(23)22-14-7-5-13(6-8-14)20(25)26/h5-11H,1-4H3,(H,25,26)/b17-11+,22-21?. The van der Waals surface area contributed by atoms with Gasteiger partial charge in [0, 0.05) is 7.05 Å². The lowest BCUT2D eigenvalue weighted by molar-refractivity contribution is -0.121. The van der Waals surface area contributed by atoms with Gasteiger partial charge in [-0.2, -0.15) is 0 Å². The van der Waals surface area contributed by atoms with Crippen LogP contribution in [-0.2, 0) is 4.79 Å². The molecule has 1 aliphatic rings. The van der Waals surface area contributed by atoms with Crippen LogP contribution in [0.4, 0.5) is 5.69 Å². The largest absolute Gasteiger partial charge is 0.493 e. The lowest BCUT2D eigenvalue weighted by Gasteiger charge is -2.13. The highest BCUT2D eigenvalue weighted by atomic mass is 32.2. The number of nitrogens with zero attached hydrogens (tertiary/aromatic N) is 2. The molecule has 1 aliphatic heterocycles. The molecular formula is C21H20N2O6S. The number of carboxylic acid groups (broad SMARTS) is 1. The number of thioether (sulfide) groups is 1. The smallest absolute Gasteiger partial charge is 0.335 e. The zero-order valence-corrected chi connectivity index (χ0v) is 17.6. The maximum Gasteiger partial charge on any atom is 0.335 e. The molecule has 0 atom stereocenters. The zero-order chi connectivity index (χ0) is 21.8. The molecular weight excluding hydrogens is 408 g/mol. The van der Waals surface area contributed by atoms with Crippen molar-refractivity contribution < 1.29 is 28.9 Å². The molecule has 2 aromatic rings. The Morgan fingerprint density at radius 1 is 1.07 bits per heavy atom. The Balaban J connectivity index is 1.92. The number of carboxylic acids is 1. The number of methoxy groups -OCH3 is 3. The van der Waals surface area contributed by atoms with Crippen molar-refractivity contribution in [3.63, 3.8) is 0 Å². The second-order valence-electron chi connectivity index (χ2n) is 6.18. The normalized spacial score (nSPS) is 16.3. The van der Waals surface area contributed by atoms with E-state index in [-0.39, 0.29) is 11.5 Å². The first-order valence-corrected chi connectivity index (χ1v) is 9.59. The number of carbonyl (C=O) groups is 2. The molecule has 0 spiro atoms. The molecule has 0 aromatic heterocycles. The predicted molar refractivity (Wildman–Crippen MR) is 115 cm³/mol. The minimum Gasteiger partial charge on any atom is -0.493 e. The second-order valence-corrected chi connectivity index (χ2v) is 7.19. The minimum absolute atomic E-state index is 0.172. The van der Waals surface area contributed by atoms with Gasteiger partial charge in [-0.15, -0.1) is 0 Å². The molecule has 156 valence electrons. The van der Waals surface area contributed by atoms with E-state index in [0.717, 1.165) is 0 Å². The van der Waals surface area contributed by atoms with Gasteiger partial charge in [-0.1, -0.05) is 0 Å². The zero-order valence-electron chi connectivity index (χ0n) is 16.8. The molecule has 0 radical (unpaired) electrons. The van der Waals surface area contributed by atoms with Crippen LogP contribution in [-0.4, -0.2) is 55.4 Å². The van der Waals surface area contributed by atoms with Gasteiger partial charge in [-0.25, -0.2) is 9.79 Å². The Labute approximate surface area is 177 Å². The second kappa shape index (κ2) is 8.91. The van der Waals surface area contributed by atoms with Crippen LogP contribution in [0.5, 0.6) is 17.2 Å². The molecule has 9 heteroatoms. The van der Waals surface area contributed by atoms with Crippen LogP contribution in [0.25, 0.3) is 6.08 Å². The molecule has 1 heterocycles. The van der Waals surface area contributed by atoms with Gasteiger partial charge in [-0.05, 0) is 59.8 Å². The molecule has 0 unspecified atom stereocenters. The summed E-state index contributed by atoms with van der Waals surface area (Å²) in [5.74, 6) is 0.235. The third-order valence-electron chi connectivity index (χ3n) is 4.33. The van der Waals surface area contributed by atoms with Gasteiger partial charge in [0.05, 0.1) is 37.5 Å². The first-order chi connectivity index (χ1) is 14.4. The van der Waals surface area contributed by atoms with E-state index in [1.165, 1.54) is 50.1 Å². The van der Waals surface area contributed by atoms with Crippen LogP contribution in [0.3, 0.4) is 0 Å². The fraction of sp³-hybridized carbons (Fsp3) is 0.190. The third kappa shape index (κ3) is 4.25. The van der Waals surface area contributed by atoms with Crippen LogP contribution in [0.2, 0.25) is 0 Å².